The second-order valence-corrected chi connectivity index (χ2v) is 7.32. The maximum atomic E-state index is 13.6. The van der Waals surface area contributed by atoms with Crippen LogP contribution in [0.4, 0.5) is 5.69 Å². The average Bonchev–Trinajstić information content (AvgIpc) is 2.89. The largest absolute Gasteiger partial charge is 0.305 e. The quantitative estimate of drug-likeness (QED) is 0.590. The van der Waals surface area contributed by atoms with Gasteiger partial charge in [-0.2, -0.15) is 0 Å². The van der Waals surface area contributed by atoms with Gasteiger partial charge >= 0.3 is 0 Å². The van der Waals surface area contributed by atoms with Gasteiger partial charge in [0.2, 0.25) is 0 Å². The SMILES string of the molecule is [2H]c1c([2H])c([2H])c(N(C(=O)c2ccccc2)C2CCN(CCc3ccccc3)CC2)c([2H])c1[2H]. The molecule has 3 aromatic rings. The van der Waals surface area contributed by atoms with Crippen molar-refractivity contribution in [3.05, 3.63) is 102 Å². The summed E-state index contributed by atoms with van der Waals surface area (Å²) in [5.41, 5.74) is 1.67. The minimum Gasteiger partial charge on any atom is -0.305 e. The third-order valence-electron chi connectivity index (χ3n) is 5.45. The fourth-order valence-corrected chi connectivity index (χ4v) is 3.87. The zero-order valence-electron chi connectivity index (χ0n) is 21.4. The summed E-state index contributed by atoms with van der Waals surface area (Å²) in [4.78, 5) is 17.4. The molecule has 0 unspecified atom stereocenters. The van der Waals surface area contributed by atoms with Gasteiger partial charge in [-0.25, -0.2) is 0 Å². The van der Waals surface area contributed by atoms with Crippen molar-refractivity contribution < 1.29 is 11.6 Å². The minimum absolute atomic E-state index is 0.0393. The van der Waals surface area contributed by atoms with Crippen molar-refractivity contribution >= 4 is 11.6 Å². The first-order valence-corrected chi connectivity index (χ1v) is 10.1. The van der Waals surface area contributed by atoms with Gasteiger partial charge in [0.15, 0.2) is 0 Å². The predicted molar refractivity (Wildman–Crippen MR) is 119 cm³/mol. The molecule has 1 fully saturated rings. The molecule has 3 heteroatoms. The molecule has 3 aromatic carbocycles. The van der Waals surface area contributed by atoms with Gasteiger partial charge in [-0.1, -0.05) is 66.7 Å². The highest BCUT2D eigenvalue weighted by molar-refractivity contribution is 6.06. The van der Waals surface area contributed by atoms with E-state index in [4.69, 9.17) is 6.85 Å². The van der Waals surface area contributed by atoms with Crippen LogP contribution < -0.4 is 4.90 Å². The highest BCUT2D eigenvalue weighted by Gasteiger charge is 2.29. The van der Waals surface area contributed by atoms with Gasteiger partial charge in [0.1, 0.15) is 0 Å². The van der Waals surface area contributed by atoms with Crippen molar-refractivity contribution in [2.24, 2.45) is 0 Å². The lowest BCUT2D eigenvalue weighted by atomic mass is 10.00. The van der Waals surface area contributed by atoms with Gasteiger partial charge in [0.05, 0.1) is 6.85 Å². The lowest BCUT2D eigenvalue weighted by Gasteiger charge is -2.38. The number of anilines is 1. The molecular formula is C26H28N2O. The molecule has 0 aliphatic carbocycles. The Bertz CT molecular complexity index is 1120. The molecule has 29 heavy (non-hydrogen) atoms. The average molecular weight is 390 g/mol. The van der Waals surface area contributed by atoms with Crippen LogP contribution in [0.15, 0.2) is 90.9 Å². The maximum Gasteiger partial charge on any atom is 0.258 e. The summed E-state index contributed by atoms with van der Waals surface area (Å²) in [6.07, 6.45) is 2.27. The van der Waals surface area contributed by atoms with E-state index in [2.05, 4.69) is 17.0 Å². The number of carbonyl (C=O) groups excluding carboxylic acids is 1. The van der Waals surface area contributed by atoms with E-state index in [9.17, 15) is 4.79 Å². The number of nitrogens with zero attached hydrogens (tertiary/aromatic N) is 2. The van der Waals surface area contributed by atoms with E-state index in [1.54, 1.807) is 24.3 Å². The number of piperidine rings is 1. The Balaban J connectivity index is 1.60. The topological polar surface area (TPSA) is 23.6 Å². The molecule has 3 nitrogen and oxygen atoms in total. The van der Waals surface area contributed by atoms with Gasteiger partial charge in [0, 0.05) is 36.9 Å². The summed E-state index contributed by atoms with van der Waals surface area (Å²) in [6, 6.07) is 16.8. The van der Waals surface area contributed by atoms with E-state index in [-0.39, 0.29) is 29.7 Å². The number of carbonyl (C=O) groups is 1. The smallest absolute Gasteiger partial charge is 0.258 e. The molecule has 1 saturated heterocycles. The second kappa shape index (κ2) is 9.53. The van der Waals surface area contributed by atoms with Crippen LogP contribution in [0.3, 0.4) is 0 Å². The van der Waals surface area contributed by atoms with Crippen LogP contribution in [0.2, 0.25) is 0 Å². The number of para-hydroxylation sites is 1. The number of hydrogen-bond acceptors (Lipinski definition) is 2. The predicted octanol–water partition coefficient (Wildman–Crippen LogP) is 5.04. The van der Waals surface area contributed by atoms with Gasteiger partial charge in [-0.15, -0.1) is 0 Å². The van der Waals surface area contributed by atoms with E-state index >= 15 is 0 Å². The Hall–Kier alpha value is -2.91. The Morgan fingerprint density at radius 3 is 2.21 bits per heavy atom. The number of likely N-dealkylation sites (tertiary alicyclic amines) is 1. The normalized spacial score (nSPS) is 17.6. The van der Waals surface area contributed by atoms with Crippen molar-refractivity contribution in [2.75, 3.05) is 24.5 Å². The molecule has 0 saturated carbocycles. The van der Waals surface area contributed by atoms with Crippen LogP contribution in [0.5, 0.6) is 0 Å². The fraction of sp³-hybridized carbons (Fsp3) is 0.269. The van der Waals surface area contributed by atoms with Crippen LogP contribution in [0, 0.1) is 0 Å². The zero-order valence-corrected chi connectivity index (χ0v) is 16.4. The van der Waals surface area contributed by atoms with E-state index < -0.39 is 18.1 Å². The van der Waals surface area contributed by atoms with Crippen LogP contribution in [0.1, 0.15) is 35.6 Å². The third kappa shape index (κ3) is 4.93. The van der Waals surface area contributed by atoms with Gasteiger partial charge in [0.25, 0.3) is 5.91 Å². The third-order valence-corrected chi connectivity index (χ3v) is 5.45. The van der Waals surface area contributed by atoms with Crippen molar-refractivity contribution in [3.63, 3.8) is 0 Å². The monoisotopic (exact) mass is 389 g/mol. The highest BCUT2D eigenvalue weighted by atomic mass is 16.2. The summed E-state index contributed by atoms with van der Waals surface area (Å²) in [7, 11) is 0. The van der Waals surface area contributed by atoms with Gasteiger partial charge < -0.3 is 9.80 Å². The molecule has 0 N–H and O–H groups in total. The number of rotatable bonds is 6. The van der Waals surface area contributed by atoms with Crippen molar-refractivity contribution in [3.8, 4) is 0 Å². The zero-order chi connectivity index (χ0) is 24.2. The van der Waals surface area contributed by atoms with E-state index in [1.165, 1.54) is 10.5 Å². The van der Waals surface area contributed by atoms with E-state index in [0.29, 0.717) is 18.4 Å². The van der Waals surface area contributed by atoms with E-state index in [1.807, 2.05) is 24.3 Å². The summed E-state index contributed by atoms with van der Waals surface area (Å²) in [6.45, 7) is 2.46. The molecule has 4 rings (SSSR count). The first kappa shape index (κ1) is 14.1. The Kier molecular flexibility index (Phi) is 4.64. The lowest BCUT2D eigenvalue weighted by Crippen LogP contribution is -2.48. The summed E-state index contributed by atoms with van der Waals surface area (Å²) in [5, 5.41) is 0. The molecule has 0 aromatic heterocycles. The summed E-state index contributed by atoms with van der Waals surface area (Å²) >= 11 is 0. The minimum atomic E-state index is -0.457. The fourth-order valence-electron chi connectivity index (χ4n) is 3.87. The first-order valence-electron chi connectivity index (χ1n) is 12.6. The van der Waals surface area contributed by atoms with Crippen molar-refractivity contribution in [1.29, 1.82) is 0 Å². The van der Waals surface area contributed by atoms with Crippen molar-refractivity contribution in [2.45, 2.75) is 25.3 Å². The molecular weight excluding hydrogens is 356 g/mol. The van der Waals surface area contributed by atoms with Crippen molar-refractivity contribution in [1.82, 2.24) is 4.90 Å². The molecule has 0 atom stereocenters. The number of benzene rings is 3. The maximum absolute atomic E-state index is 13.6. The Labute approximate surface area is 180 Å². The summed E-state index contributed by atoms with van der Waals surface area (Å²) < 4.78 is 41.1. The second-order valence-electron chi connectivity index (χ2n) is 7.32. The van der Waals surface area contributed by atoms with E-state index in [0.717, 1.165) is 26.1 Å². The Morgan fingerprint density at radius 2 is 1.55 bits per heavy atom. The summed E-state index contributed by atoms with van der Waals surface area (Å²) in [5.74, 6) is -0.345. The molecule has 0 spiro atoms. The Morgan fingerprint density at radius 1 is 0.931 bits per heavy atom. The van der Waals surface area contributed by atoms with Crippen LogP contribution in [-0.2, 0) is 6.42 Å². The molecule has 1 aliphatic rings. The van der Waals surface area contributed by atoms with Gasteiger partial charge in [-0.05, 0) is 49.0 Å². The van der Waals surface area contributed by atoms with Gasteiger partial charge in [-0.3, -0.25) is 4.79 Å². The standard InChI is InChI=1S/C26H28N2O/c29-26(23-12-6-2-7-13-23)28(24-14-8-3-9-15-24)25-17-20-27(21-18-25)19-16-22-10-4-1-5-11-22/h1-15,25H,16-21H2/i3D,8D,9D,14D,15D. The lowest BCUT2D eigenvalue weighted by molar-refractivity contribution is 0.0960. The highest BCUT2D eigenvalue weighted by Crippen LogP contribution is 2.26. The molecule has 148 valence electrons. The molecule has 1 amide bonds. The first-order chi connectivity index (χ1) is 16.4. The molecule has 1 heterocycles. The molecule has 1 aliphatic heterocycles. The van der Waals surface area contributed by atoms with Crippen LogP contribution in [-0.4, -0.2) is 36.5 Å². The van der Waals surface area contributed by atoms with Crippen LogP contribution >= 0.6 is 0 Å². The molecule has 0 radical (unpaired) electrons. The van der Waals surface area contributed by atoms with Crippen LogP contribution in [0.25, 0.3) is 0 Å². The number of amides is 1. The molecule has 0 bridgehead atoms. The number of hydrogen-bond donors (Lipinski definition) is 0.